The van der Waals surface area contributed by atoms with Gasteiger partial charge in [0.05, 0.1) is 0 Å². The van der Waals surface area contributed by atoms with E-state index in [4.69, 9.17) is 5.73 Å². The Hall–Kier alpha value is 0.759. The average molecular weight is 187 g/mol. The van der Waals surface area contributed by atoms with Gasteiger partial charge >= 0.3 is 17.1 Å². The van der Waals surface area contributed by atoms with E-state index in [1.165, 1.54) is 0 Å². The predicted molar refractivity (Wildman–Crippen MR) is 38.6 cm³/mol. The van der Waals surface area contributed by atoms with Crippen LogP contribution in [0.4, 0.5) is 0 Å². The van der Waals surface area contributed by atoms with Gasteiger partial charge in [0.15, 0.2) is 0 Å². The largest absolute Gasteiger partial charge is 2.00 e. The van der Waals surface area contributed by atoms with E-state index in [0.29, 0.717) is 0 Å². The van der Waals surface area contributed by atoms with E-state index in [0.717, 1.165) is 0 Å². The van der Waals surface area contributed by atoms with E-state index < -0.39 is 0 Å². The van der Waals surface area contributed by atoms with E-state index in [2.05, 4.69) is 24.8 Å². The molecule has 1 nitrogen and oxygen atoms in total. The molecule has 0 rings (SSSR count). The van der Waals surface area contributed by atoms with Crippen molar-refractivity contribution in [2.45, 2.75) is 0 Å². The van der Waals surface area contributed by atoms with Crippen molar-refractivity contribution in [3.63, 3.8) is 0 Å². The van der Waals surface area contributed by atoms with Crippen LogP contribution in [-0.2, 0) is 17.1 Å². The van der Waals surface area contributed by atoms with Crippen molar-refractivity contribution in [1.82, 2.24) is 0 Å². The second kappa shape index (κ2) is 15.9. The van der Waals surface area contributed by atoms with Gasteiger partial charge in [-0.05, 0) is 0 Å². The summed E-state index contributed by atoms with van der Waals surface area (Å²) in [5, 5.41) is 0. The molecule has 7 heavy (non-hydrogen) atoms. The van der Waals surface area contributed by atoms with Gasteiger partial charge in [-0.3, -0.25) is 0 Å². The normalized spacial score (nSPS) is 3.57. The summed E-state index contributed by atoms with van der Waals surface area (Å²) < 4.78 is 0.194. The fourth-order valence-corrected chi connectivity index (χ4v) is 0. The molecule has 0 atom stereocenters. The Balaban J connectivity index is -0.0000000150. The van der Waals surface area contributed by atoms with Crippen molar-refractivity contribution in [2.75, 3.05) is 0 Å². The summed E-state index contributed by atoms with van der Waals surface area (Å²) in [5.74, 6) is 0. The van der Waals surface area contributed by atoms with E-state index >= 15 is 0 Å². The van der Waals surface area contributed by atoms with Crippen molar-refractivity contribution in [3.8, 4) is 0 Å². The summed E-state index contributed by atoms with van der Waals surface area (Å²) in [4.78, 5) is 0. The molecule has 2 N–H and O–H groups in total. The molecule has 0 aromatic rings. The molecule has 0 unspecified atom stereocenters. The minimum atomic E-state index is 0. The molecular formula is C3H9CuNS2. The first-order chi connectivity index (χ1) is 1.73. The Bertz CT molecular complexity index is 35.9. The smallest absolute Gasteiger partial charge is 0.385 e. The summed E-state index contributed by atoms with van der Waals surface area (Å²) in [5.41, 5.74) is 4.71. The molecule has 0 amide bonds. The molecule has 4 heteroatoms. The van der Waals surface area contributed by atoms with Crippen molar-refractivity contribution in [2.24, 2.45) is 5.73 Å². The van der Waals surface area contributed by atoms with Crippen LogP contribution in [0.5, 0.6) is 0 Å². The molecule has 0 heterocycles. The van der Waals surface area contributed by atoms with Gasteiger partial charge in [0.2, 0.25) is 0 Å². The molecule has 0 bridgehead atoms. The van der Waals surface area contributed by atoms with Crippen LogP contribution < -0.4 is 5.73 Å². The zero-order chi connectivity index (χ0) is 3.58. The Labute approximate surface area is 66.9 Å². The minimum absolute atomic E-state index is 0. The topological polar surface area (TPSA) is 26.0 Å². The summed E-state index contributed by atoms with van der Waals surface area (Å²) in [6, 6.07) is 0. The monoisotopic (exact) mass is 186 g/mol. The van der Waals surface area contributed by atoms with Gasteiger partial charge in [-0.2, -0.15) is 0 Å². The number of nitrogens with two attached hydrogens (primary N) is 1. The first-order valence-electron chi connectivity index (χ1n) is 0.716. The summed E-state index contributed by atoms with van der Waals surface area (Å²) in [6.07, 6.45) is 0. The summed E-state index contributed by atoms with van der Waals surface area (Å²) in [6.45, 7) is 0. The maximum Gasteiger partial charge on any atom is 2.00 e. The number of thiol groups is 1. The molecule has 0 aliphatic rings. The first-order valence-corrected chi connectivity index (χ1v) is 1.57. The van der Waals surface area contributed by atoms with Crippen molar-refractivity contribution in [1.29, 1.82) is 0 Å². The molecule has 0 aliphatic carbocycles. The second-order valence-corrected chi connectivity index (χ2v) is 1.56. The number of hydrogen-bond donors (Lipinski definition) is 2. The first kappa shape index (κ1) is 25.1. The molecule has 0 aliphatic heterocycles. The number of rotatable bonds is 0. The maximum atomic E-state index is 4.71. The van der Waals surface area contributed by atoms with Crippen LogP contribution in [0, 0.1) is 14.9 Å². The Morgan fingerprint density at radius 1 is 1.43 bits per heavy atom. The van der Waals surface area contributed by atoms with Crippen LogP contribution in [0.3, 0.4) is 0 Å². The fraction of sp³-hybridized carbons (Fsp3) is 0. The Morgan fingerprint density at radius 3 is 1.43 bits per heavy atom. The zero-order valence-electron chi connectivity index (χ0n) is 4.23. The number of thiocarbonyl (C=S) groups is 1. The third kappa shape index (κ3) is 265. The molecule has 0 fully saturated rings. The van der Waals surface area contributed by atoms with Crippen molar-refractivity contribution >= 4 is 29.2 Å². The molecule has 0 aromatic heterocycles. The second-order valence-electron chi connectivity index (χ2n) is 0.338. The zero-order valence-corrected chi connectivity index (χ0v) is 6.89. The van der Waals surface area contributed by atoms with Gasteiger partial charge in [-0.1, -0.05) is 12.2 Å². The third-order valence-electron chi connectivity index (χ3n) is 0. The van der Waals surface area contributed by atoms with Crippen molar-refractivity contribution < 1.29 is 17.1 Å². The Kier molecular flexibility index (Phi) is 56.8. The molecule has 0 saturated carbocycles. The van der Waals surface area contributed by atoms with Gasteiger partial charge in [-0.25, -0.2) is 0 Å². The molecule has 0 aromatic carbocycles. The average Bonchev–Trinajstić information content (AvgIpc) is 0.811. The fourth-order valence-electron chi connectivity index (χ4n) is 0. The van der Waals surface area contributed by atoms with Gasteiger partial charge in [0.1, 0.15) is 4.32 Å². The summed E-state index contributed by atoms with van der Waals surface area (Å²) >= 11 is 7.65. The van der Waals surface area contributed by atoms with E-state index in [1.54, 1.807) is 0 Å². The summed E-state index contributed by atoms with van der Waals surface area (Å²) in [7, 11) is 0. The Morgan fingerprint density at radius 2 is 1.43 bits per heavy atom. The SMILES string of the molecule is NC(=S)S.[CH3-].[CH3-].[Cu+2]. The molecule has 49 valence electrons. The van der Waals surface area contributed by atoms with Gasteiger partial charge in [-0.15, -0.1) is 12.6 Å². The van der Waals surface area contributed by atoms with Crippen LogP contribution in [-0.4, -0.2) is 4.32 Å². The molecule has 0 saturated heterocycles. The number of hydrogen-bond acceptors (Lipinski definition) is 1. The molecule has 1 radical (unpaired) electrons. The van der Waals surface area contributed by atoms with Crippen molar-refractivity contribution in [3.05, 3.63) is 14.9 Å². The van der Waals surface area contributed by atoms with Crippen LogP contribution in [0.15, 0.2) is 0 Å². The minimum Gasteiger partial charge on any atom is -0.385 e. The van der Waals surface area contributed by atoms with Crippen LogP contribution in [0.2, 0.25) is 0 Å². The quantitative estimate of drug-likeness (QED) is 0.256. The van der Waals surface area contributed by atoms with E-state index in [9.17, 15) is 0 Å². The van der Waals surface area contributed by atoms with Gasteiger partial charge in [0, 0.05) is 0 Å². The standard InChI is InChI=1S/CH3NS2.2CH3.Cu/c2-1(3)4;;;/h(H3,2,3,4);2*1H3;/q;2*-1;+2. The van der Waals surface area contributed by atoms with Gasteiger partial charge < -0.3 is 20.6 Å². The molecular weight excluding hydrogens is 178 g/mol. The van der Waals surface area contributed by atoms with Gasteiger partial charge in [0.25, 0.3) is 0 Å². The van der Waals surface area contributed by atoms with Crippen LogP contribution in [0.25, 0.3) is 0 Å². The third-order valence-corrected chi connectivity index (χ3v) is 0. The van der Waals surface area contributed by atoms with Crippen LogP contribution >= 0.6 is 24.8 Å². The maximum absolute atomic E-state index is 4.71. The molecule has 0 spiro atoms. The predicted octanol–water partition coefficient (Wildman–Crippen LogP) is 1.06. The van der Waals surface area contributed by atoms with Crippen LogP contribution in [0.1, 0.15) is 0 Å². The van der Waals surface area contributed by atoms with E-state index in [-0.39, 0.29) is 36.2 Å². The van der Waals surface area contributed by atoms with E-state index in [1.807, 2.05) is 0 Å².